The zero-order chi connectivity index (χ0) is 18.8. The topological polar surface area (TPSA) is 54.2 Å². The second-order valence-corrected chi connectivity index (χ2v) is 8.28. The van der Waals surface area contributed by atoms with Gasteiger partial charge in [0.1, 0.15) is 0 Å². The summed E-state index contributed by atoms with van der Waals surface area (Å²) in [6.07, 6.45) is 17.5. The summed E-state index contributed by atoms with van der Waals surface area (Å²) in [5.41, 5.74) is 0. The van der Waals surface area contributed by atoms with Crippen molar-refractivity contribution in [3.05, 3.63) is 12.2 Å². The fourth-order valence-electron chi connectivity index (χ4n) is 3.41. The molecule has 4 nitrogen and oxygen atoms in total. The lowest BCUT2D eigenvalue weighted by Gasteiger charge is -2.07. The SMILES string of the molecule is CCC1OC1C/C=C\CC1OC1CCCCCCCC(=O)NCC(C)C. The number of epoxide rings is 2. The molecule has 0 aromatic rings. The Kier molecular flexibility index (Phi) is 9.69. The summed E-state index contributed by atoms with van der Waals surface area (Å²) in [5.74, 6) is 0.739. The molecule has 1 amide bonds. The lowest BCUT2D eigenvalue weighted by atomic mass is 10.1. The van der Waals surface area contributed by atoms with Gasteiger partial charge in [-0.25, -0.2) is 0 Å². The average Bonchev–Trinajstić information content (AvgIpc) is 3.52. The van der Waals surface area contributed by atoms with E-state index in [4.69, 9.17) is 9.47 Å². The highest BCUT2D eigenvalue weighted by atomic mass is 16.6. The van der Waals surface area contributed by atoms with Gasteiger partial charge in [0.2, 0.25) is 5.91 Å². The van der Waals surface area contributed by atoms with Gasteiger partial charge < -0.3 is 14.8 Å². The van der Waals surface area contributed by atoms with Gasteiger partial charge in [-0.05, 0) is 38.0 Å². The molecule has 2 heterocycles. The van der Waals surface area contributed by atoms with Crippen LogP contribution in [0.1, 0.15) is 85.0 Å². The molecular weight excluding hydrogens is 326 g/mol. The molecule has 0 aromatic heterocycles. The van der Waals surface area contributed by atoms with Gasteiger partial charge in [0.25, 0.3) is 0 Å². The van der Waals surface area contributed by atoms with E-state index in [1.165, 1.54) is 25.7 Å². The Morgan fingerprint density at radius 2 is 1.54 bits per heavy atom. The van der Waals surface area contributed by atoms with E-state index in [-0.39, 0.29) is 5.91 Å². The number of nitrogens with one attached hydrogen (secondary N) is 1. The van der Waals surface area contributed by atoms with Crippen molar-refractivity contribution in [1.29, 1.82) is 0 Å². The van der Waals surface area contributed by atoms with E-state index in [0.717, 1.165) is 38.6 Å². The number of carbonyl (C=O) groups excluding carboxylic acids is 1. The number of hydrogen-bond donors (Lipinski definition) is 1. The third kappa shape index (κ3) is 9.18. The van der Waals surface area contributed by atoms with Crippen LogP contribution in [0.25, 0.3) is 0 Å². The number of amides is 1. The minimum atomic E-state index is 0.208. The largest absolute Gasteiger partial charge is 0.369 e. The molecule has 4 atom stereocenters. The van der Waals surface area contributed by atoms with E-state index in [9.17, 15) is 4.79 Å². The lowest BCUT2D eigenvalue weighted by molar-refractivity contribution is -0.121. The maximum atomic E-state index is 11.6. The summed E-state index contributed by atoms with van der Waals surface area (Å²) >= 11 is 0. The standard InChI is InChI=1S/C22H39NO3/c1-4-18-19(25-18)13-10-11-14-21-20(26-21)12-8-6-5-7-9-15-22(24)23-16-17(2)3/h10-11,17-21H,4-9,12-16H2,1-3H3,(H,23,24)/b11-10-. The second-order valence-electron chi connectivity index (χ2n) is 8.28. The van der Waals surface area contributed by atoms with Crippen molar-refractivity contribution in [2.75, 3.05) is 6.54 Å². The predicted octanol–water partition coefficient (Wildman–Crippen LogP) is 4.77. The molecule has 0 radical (unpaired) electrons. The van der Waals surface area contributed by atoms with E-state index >= 15 is 0 Å². The third-order valence-corrected chi connectivity index (χ3v) is 5.28. The van der Waals surface area contributed by atoms with E-state index in [2.05, 4.69) is 38.2 Å². The number of ether oxygens (including phenoxy) is 2. The van der Waals surface area contributed by atoms with Gasteiger partial charge in [-0.2, -0.15) is 0 Å². The summed E-state index contributed by atoms with van der Waals surface area (Å²) < 4.78 is 11.3. The summed E-state index contributed by atoms with van der Waals surface area (Å²) in [6.45, 7) is 7.22. The average molecular weight is 366 g/mol. The molecule has 0 bridgehead atoms. The molecule has 0 spiro atoms. The van der Waals surface area contributed by atoms with E-state index in [1.807, 2.05) is 0 Å². The molecule has 0 aromatic carbocycles. The Bertz CT molecular complexity index is 435. The smallest absolute Gasteiger partial charge is 0.220 e. The predicted molar refractivity (Wildman–Crippen MR) is 106 cm³/mol. The maximum absolute atomic E-state index is 11.6. The van der Waals surface area contributed by atoms with Crippen LogP contribution in [0.3, 0.4) is 0 Å². The van der Waals surface area contributed by atoms with Crippen LogP contribution < -0.4 is 5.32 Å². The first-order valence-corrected chi connectivity index (χ1v) is 10.8. The van der Waals surface area contributed by atoms with Gasteiger partial charge in [0.05, 0.1) is 24.4 Å². The van der Waals surface area contributed by atoms with Crippen LogP contribution in [0.2, 0.25) is 0 Å². The molecule has 150 valence electrons. The maximum Gasteiger partial charge on any atom is 0.220 e. The molecule has 2 fully saturated rings. The van der Waals surface area contributed by atoms with Crippen molar-refractivity contribution in [3.63, 3.8) is 0 Å². The van der Waals surface area contributed by atoms with Crippen LogP contribution in [-0.2, 0) is 14.3 Å². The molecule has 26 heavy (non-hydrogen) atoms. The van der Waals surface area contributed by atoms with Crippen molar-refractivity contribution in [3.8, 4) is 0 Å². The van der Waals surface area contributed by atoms with E-state index < -0.39 is 0 Å². The molecule has 1 N–H and O–H groups in total. The Balaban J connectivity index is 1.33. The Hall–Kier alpha value is -0.870. The molecule has 0 aliphatic carbocycles. The van der Waals surface area contributed by atoms with Gasteiger partial charge in [-0.3, -0.25) is 4.79 Å². The van der Waals surface area contributed by atoms with Gasteiger partial charge in [-0.1, -0.05) is 58.6 Å². The molecule has 2 aliphatic heterocycles. The quantitative estimate of drug-likeness (QED) is 0.258. The summed E-state index contributed by atoms with van der Waals surface area (Å²) in [5, 5.41) is 2.98. The molecule has 4 heteroatoms. The number of hydrogen-bond acceptors (Lipinski definition) is 3. The fraction of sp³-hybridized carbons (Fsp3) is 0.864. The normalized spacial score (nSPS) is 27.2. The minimum absolute atomic E-state index is 0.208. The highest BCUT2D eigenvalue weighted by Gasteiger charge is 2.37. The molecule has 2 aliphatic rings. The summed E-state index contributed by atoms with van der Waals surface area (Å²) in [7, 11) is 0. The van der Waals surface area contributed by atoms with Gasteiger partial charge in [0.15, 0.2) is 0 Å². The molecular formula is C22H39NO3. The van der Waals surface area contributed by atoms with Gasteiger partial charge >= 0.3 is 0 Å². The number of unbranched alkanes of at least 4 members (excludes halogenated alkanes) is 4. The first kappa shape index (κ1) is 21.4. The van der Waals surface area contributed by atoms with Crippen molar-refractivity contribution >= 4 is 5.91 Å². The number of carbonyl (C=O) groups is 1. The molecule has 4 unspecified atom stereocenters. The highest BCUT2D eigenvalue weighted by Crippen LogP contribution is 2.31. The zero-order valence-corrected chi connectivity index (χ0v) is 17.0. The van der Waals surface area contributed by atoms with Crippen LogP contribution >= 0.6 is 0 Å². The highest BCUT2D eigenvalue weighted by molar-refractivity contribution is 5.75. The lowest BCUT2D eigenvalue weighted by Crippen LogP contribution is -2.26. The van der Waals surface area contributed by atoms with Crippen molar-refractivity contribution in [2.24, 2.45) is 5.92 Å². The van der Waals surface area contributed by atoms with Gasteiger partial charge in [-0.15, -0.1) is 0 Å². The van der Waals surface area contributed by atoms with Crippen LogP contribution in [0.4, 0.5) is 0 Å². The van der Waals surface area contributed by atoms with E-state index in [0.29, 0.717) is 36.8 Å². The van der Waals surface area contributed by atoms with E-state index in [1.54, 1.807) is 0 Å². The van der Waals surface area contributed by atoms with Crippen molar-refractivity contribution < 1.29 is 14.3 Å². The zero-order valence-electron chi connectivity index (χ0n) is 17.0. The van der Waals surface area contributed by atoms with Crippen LogP contribution in [-0.4, -0.2) is 36.9 Å². The first-order valence-electron chi connectivity index (χ1n) is 10.8. The Morgan fingerprint density at radius 3 is 2.19 bits per heavy atom. The second kappa shape index (κ2) is 11.8. The first-order chi connectivity index (χ1) is 12.6. The monoisotopic (exact) mass is 365 g/mol. The van der Waals surface area contributed by atoms with Crippen molar-refractivity contribution in [2.45, 2.75) is 109 Å². The molecule has 2 saturated heterocycles. The van der Waals surface area contributed by atoms with Crippen LogP contribution in [0.15, 0.2) is 12.2 Å². The van der Waals surface area contributed by atoms with Crippen LogP contribution in [0, 0.1) is 5.92 Å². The summed E-state index contributed by atoms with van der Waals surface area (Å²) in [6, 6.07) is 0. The van der Waals surface area contributed by atoms with Crippen LogP contribution in [0.5, 0.6) is 0 Å². The summed E-state index contributed by atoms with van der Waals surface area (Å²) in [4.78, 5) is 11.6. The van der Waals surface area contributed by atoms with Gasteiger partial charge in [0, 0.05) is 13.0 Å². The Labute approximate surface area is 160 Å². The molecule has 2 rings (SSSR count). The third-order valence-electron chi connectivity index (χ3n) is 5.28. The minimum Gasteiger partial charge on any atom is -0.369 e. The Morgan fingerprint density at radius 1 is 0.923 bits per heavy atom. The molecule has 0 saturated carbocycles. The number of rotatable bonds is 15. The fourth-order valence-corrected chi connectivity index (χ4v) is 3.41. The van der Waals surface area contributed by atoms with Crippen molar-refractivity contribution in [1.82, 2.24) is 5.32 Å².